The molecule has 0 amide bonds. The monoisotopic (exact) mass is 265 g/mol. The Hall–Kier alpha value is -1.74. The van der Waals surface area contributed by atoms with Gasteiger partial charge < -0.3 is 15.8 Å². The minimum atomic E-state index is -0.462. The van der Waals surface area contributed by atoms with Gasteiger partial charge in [0.1, 0.15) is 21.5 Å². The van der Waals surface area contributed by atoms with Crippen LogP contribution in [-0.4, -0.2) is 19.1 Å². The molecule has 1 aliphatic rings. The molecule has 96 valence electrons. The molecule has 5 nitrogen and oxygen atoms in total. The number of thiophene rings is 1. The van der Waals surface area contributed by atoms with E-state index in [4.69, 9.17) is 15.7 Å². The molecule has 0 bridgehead atoms. The Morgan fingerprint density at radius 3 is 2.94 bits per heavy atom. The summed E-state index contributed by atoms with van der Waals surface area (Å²) in [6, 6.07) is 2.04. The number of carbonyl (C=O) groups is 1. The normalized spacial score (nSPS) is 14.0. The molecular formula is C12H15N3O2S. The van der Waals surface area contributed by atoms with Gasteiger partial charge in [0.05, 0.1) is 12.3 Å². The molecule has 3 N–H and O–H groups in total. The number of carbonyl (C=O) groups excluding carboxylic acids is 1. The summed E-state index contributed by atoms with van der Waals surface area (Å²) in [6.45, 7) is 2.86. The second-order valence-electron chi connectivity index (χ2n) is 4.21. The van der Waals surface area contributed by atoms with Gasteiger partial charge in [0, 0.05) is 6.54 Å². The molecule has 18 heavy (non-hydrogen) atoms. The predicted octanol–water partition coefficient (Wildman–Crippen LogP) is 2.20. The maximum Gasteiger partial charge on any atom is 0.350 e. The van der Waals surface area contributed by atoms with Gasteiger partial charge in [-0.15, -0.1) is 11.3 Å². The smallest absolute Gasteiger partial charge is 0.350 e. The van der Waals surface area contributed by atoms with Crippen molar-refractivity contribution in [2.24, 2.45) is 5.92 Å². The number of nitrogens with two attached hydrogens (primary N) is 1. The van der Waals surface area contributed by atoms with Crippen molar-refractivity contribution in [3.8, 4) is 6.07 Å². The lowest BCUT2D eigenvalue weighted by Crippen LogP contribution is -2.05. The first-order chi connectivity index (χ1) is 8.67. The Bertz CT molecular complexity index is 500. The number of nitriles is 1. The van der Waals surface area contributed by atoms with Crippen LogP contribution in [0, 0.1) is 17.2 Å². The van der Waals surface area contributed by atoms with Crippen LogP contribution in [0.2, 0.25) is 0 Å². The first-order valence-electron chi connectivity index (χ1n) is 5.90. The van der Waals surface area contributed by atoms with Crippen LogP contribution < -0.4 is 11.1 Å². The standard InChI is InChI=1S/C12H15N3O2S/c1-2-17-12(16)10-9(14)8(5-13)11(18-10)15-6-7-3-4-7/h7,15H,2-4,6,14H2,1H3. The Morgan fingerprint density at radius 2 is 2.39 bits per heavy atom. The number of nitrogens with one attached hydrogen (secondary N) is 1. The van der Waals surface area contributed by atoms with Crippen LogP contribution in [-0.2, 0) is 4.74 Å². The molecule has 1 aromatic heterocycles. The summed E-state index contributed by atoms with van der Waals surface area (Å²) < 4.78 is 4.91. The molecule has 0 atom stereocenters. The van der Waals surface area contributed by atoms with Gasteiger partial charge in [-0.25, -0.2) is 4.79 Å². The number of hydrogen-bond donors (Lipinski definition) is 2. The molecule has 1 aromatic rings. The Morgan fingerprint density at radius 1 is 1.67 bits per heavy atom. The number of nitrogens with zero attached hydrogens (tertiary/aromatic N) is 1. The van der Waals surface area contributed by atoms with Crippen LogP contribution in [0.5, 0.6) is 0 Å². The Kier molecular flexibility index (Phi) is 3.72. The third-order valence-electron chi connectivity index (χ3n) is 2.77. The lowest BCUT2D eigenvalue weighted by Gasteiger charge is -2.01. The van der Waals surface area contributed by atoms with Crippen molar-refractivity contribution in [1.29, 1.82) is 5.26 Å². The van der Waals surface area contributed by atoms with Crippen molar-refractivity contribution < 1.29 is 9.53 Å². The van der Waals surface area contributed by atoms with Gasteiger partial charge in [-0.1, -0.05) is 0 Å². The van der Waals surface area contributed by atoms with Gasteiger partial charge in [-0.05, 0) is 25.7 Å². The molecule has 1 saturated carbocycles. The first kappa shape index (κ1) is 12.7. The molecule has 0 spiro atoms. The Balaban J connectivity index is 2.20. The molecule has 0 radical (unpaired) electrons. The molecule has 1 aliphatic carbocycles. The van der Waals surface area contributed by atoms with E-state index in [2.05, 4.69) is 5.32 Å². The van der Waals surface area contributed by atoms with Crippen LogP contribution in [0.25, 0.3) is 0 Å². The minimum Gasteiger partial charge on any atom is -0.462 e. The summed E-state index contributed by atoms with van der Waals surface area (Å²) in [6.07, 6.45) is 2.45. The molecule has 0 saturated heterocycles. The number of ether oxygens (including phenoxy) is 1. The average molecular weight is 265 g/mol. The van der Waals surface area contributed by atoms with E-state index in [0.717, 1.165) is 6.54 Å². The third-order valence-corrected chi connectivity index (χ3v) is 3.91. The van der Waals surface area contributed by atoms with Crippen LogP contribution in [0.1, 0.15) is 35.0 Å². The van der Waals surface area contributed by atoms with E-state index in [9.17, 15) is 4.79 Å². The largest absolute Gasteiger partial charge is 0.462 e. The summed E-state index contributed by atoms with van der Waals surface area (Å²) in [7, 11) is 0. The van der Waals surface area contributed by atoms with Crippen molar-refractivity contribution in [2.75, 3.05) is 24.2 Å². The van der Waals surface area contributed by atoms with Gasteiger partial charge >= 0.3 is 5.97 Å². The number of anilines is 2. The fourth-order valence-electron chi connectivity index (χ4n) is 1.59. The van der Waals surface area contributed by atoms with Gasteiger partial charge in [-0.2, -0.15) is 5.26 Å². The minimum absolute atomic E-state index is 0.222. The summed E-state index contributed by atoms with van der Waals surface area (Å²) in [5, 5.41) is 13.0. The second kappa shape index (κ2) is 5.27. The van der Waals surface area contributed by atoms with E-state index in [1.807, 2.05) is 6.07 Å². The van der Waals surface area contributed by atoms with Crippen molar-refractivity contribution >= 4 is 28.0 Å². The molecule has 1 heterocycles. The van der Waals surface area contributed by atoms with Gasteiger partial charge in [-0.3, -0.25) is 0 Å². The quantitative estimate of drug-likeness (QED) is 0.797. The van der Waals surface area contributed by atoms with Gasteiger partial charge in [0.2, 0.25) is 0 Å². The fraction of sp³-hybridized carbons (Fsp3) is 0.500. The highest BCUT2D eigenvalue weighted by molar-refractivity contribution is 7.18. The maximum absolute atomic E-state index is 11.7. The number of hydrogen-bond acceptors (Lipinski definition) is 6. The predicted molar refractivity (Wildman–Crippen MR) is 70.6 cm³/mol. The highest BCUT2D eigenvalue weighted by atomic mass is 32.1. The summed E-state index contributed by atoms with van der Waals surface area (Å²) >= 11 is 1.20. The molecule has 0 aromatic carbocycles. The fourth-order valence-corrected chi connectivity index (χ4v) is 2.56. The third kappa shape index (κ3) is 2.57. The van der Waals surface area contributed by atoms with Crippen LogP contribution in [0.4, 0.5) is 10.7 Å². The lowest BCUT2D eigenvalue weighted by molar-refractivity contribution is 0.0533. The lowest BCUT2D eigenvalue weighted by atomic mass is 10.2. The van der Waals surface area contributed by atoms with Crippen molar-refractivity contribution in [3.05, 3.63) is 10.4 Å². The topological polar surface area (TPSA) is 88.1 Å². The Labute approximate surface area is 110 Å². The summed E-state index contributed by atoms with van der Waals surface area (Å²) in [5.74, 6) is 0.224. The zero-order chi connectivity index (χ0) is 13.1. The second-order valence-corrected chi connectivity index (χ2v) is 5.23. The van der Waals surface area contributed by atoms with Crippen LogP contribution >= 0.6 is 11.3 Å². The van der Waals surface area contributed by atoms with E-state index < -0.39 is 5.97 Å². The van der Waals surface area contributed by atoms with Crippen molar-refractivity contribution in [2.45, 2.75) is 19.8 Å². The highest BCUT2D eigenvalue weighted by Gasteiger charge is 2.25. The molecule has 6 heteroatoms. The van der Waals surface area contributed by atoms with Crippen LogP contribution in [0.15, 0.2) is 0 Å². The number of esters is 1. The zero-order valence-corrected chi connectivity index (χ0v) is 11.0. The van der Waals surface area contributed by atoms with Crippen molar-refractivity contribution in [1.82, 2.24) is 0 Å². The maximum atomic E-state index is 11.7. The zero-order valence-electron chi connectivity index (χ0n) is 10.2. The molecule has 1 fully saturated rings. The van der Waals surface area contributed by atoms with Gasteiger partial charge in [0.25, 0.3) is 0 Å². The van der Waals surface area contributed by atoms with E-state index >= 15 is 0 Å². The molecule has 2 rings (SSSR count). The summed E-state index contributed by atoms with van der Waals surface area (Å²) in [5.41, 5.74) is 6.39. The van der Waals surface area contributed by atoms with E-state index in [1.54, 1.807) is 6.92 Å². The average Bonchev–Trinajstić information content (AvgIpc) is 3.11. The SMILES string of the molecule is CCOC(=O)c1sc(NCC2CC2)c(C#N)c1N. The highest BCUT2D eigenvalue weighted by Crippen LogP contribution is 2.37. The van der Waals surface area contributed by atoms with Gasteiger partial charge in [0.15, 0.2) is 0 Å². The number of nitrogen functional groups attached to an aromatic ring is 1. The van der Waals surface area contributed by atoms with Crippen LogP contribution in [0.3, 0.4) is 0 Å². The molecular weight excluding hydrogens is 250 g/mol. The van der Waals surface area contributed by atoms with E-state index in [1.165, 1.54) is 24.2 Å². The molecule has 0 aliphatic heterocycles. The summed E-state index contributed by atoms with van der Waals surface area (Å²) in [4.78, 5) is 12.0. The number of rotatable bonds is 5. The molecule has 0 unspecified atom stereocenters. The van der Waals surface area contributed by atoms with Crippen molar-refractivity contribution in [3.63, 3.8) is 0 Å². The van der Waals surface area contributed by atoms with E-state index in [0.29, 0.717) is 28.0 Å². The van der Waals surface area contributed by atoms with E-state index in [-0.39, 0.29) is 5.69 Å². The first-order valence-corrected chi connectivity index (χ1v) is 6.72.